The Kier molecular flexibility index (Phi) is 6.99. The Morgan fingerprint density at radius 3 is 2.61 bits per heavy atom. The van der Waals surface area contributed by atoms with Crippen LogP contribution in [0.25, 0.3) is 0 Å². The lowest BCUT2D eigenvalue weighted by Gasteiger charge is -2.31. The maximum absolute atomic E-state index is 13.5. The minimum atomic E-state index is -0.785. The molecule has 0 aliphatic heterocycles. The number of benzene rings is 1. The molecule has 0 radical (unpaired) electrons. The van der Waals surface area contributed by atoms with Gasteiger partial charge < -0.3 is 10.2 Å². The summed E-state index contributed by atoms with van der Waals surface area (Å²) < 4.78 is 3.84. The van der Waals surface area contributed by atoms with E-state index in [-0.39, 0.29) is 23.6 Å². The van der Waals surface area contributed by atoms with Gasteiger partial charge in [0, 0.05) is 35.9 Å². The zero-order valence-electron chi connectivity index (χ0n) is 17.2. The fourth-order valence-corrected chi connectivity index (χ4v) is 4.44. The fourth-order valence-electron chi connectivity index (χ4n) is 4.01. The van der Waals surface area contributed by atoms with Gasteiger partial charge in [-0.05, 0) is 42.4 Å². The van der Waals surface area contributed by atoms with Gasteiger partial charge in [-0.1, -0.05) is 53.7 Å². The molecule has 0 spiro atoms. The van der Waals surface area contributed by atoms with E-state index in [1.165, 1.54) is 0 Å². The summed E-state index contributed by atoms with van der Waals surface area (Å²) in [6.07, 6.45) is 8.11. The van der Waals surface area contributed by atoms with E-state index in [9.17, 15) is 9.59 Å². The van der Waals surface area contributed by atoms with Crippen LogP contribution < -0.4 is 5.32 Å². The number of nitrogens with zero attached hydrogens (tertiary/aromatic N) is 4. The number of nitrogens with one attached hydrogen (secondary N) is 1. The highest BCUT2D eigenvalue weighted by Gasteiger charge is 2.34. The van der Waals surface area contributed by atoms with Gasteiger partial charge in [-0.25, -0.2) is 0 Å². The Balaban J connectivity index is 1.65. The van der Waals surface area contributed by atoms with Gasteiger partial charge in [0.15, 0.2) is 5.69 Å². The number of carbonyl (C=O) groups is 2. The molecule has 3 aromatic rings. The molecule has 0 saturated heterocycles. The van der Waals surface area contributed by atoms with Crippen LogP contribution in [0.1, 0.15) is 53.3 Å². The molecule has 1 aliphatic rings. The predicted molar refractivity (Wildman–Crippen MR) is 118 cm³/mol. The van der Waals surface area contributed by atoms with E-state index >= 15 is 0 Å². The quantitative estimate of drug-likeness (QED) is 0.586. The Bertz CT molecular complexity index is 976. The Morgan fingerprint density at radius 2 is 1.94 bits per heavy atom. The van der Waals surface area contributed by atoms with Crippen LogP contribution in [0.3, 0.4) is 0 Å². The highest BCUT2D eigenvalue weighted by Crippen LogP contribution is 2.25. The molecule has 2 aromatic heterocycles. The number of carbonyl (C=O) groups excluding carboxylic acids is 2. The largest absolute Gasteiger partial charge is 0.351 e. The van der Waals surface area contributed by atoms with Gasteiger partial charge >= 0.3 is 0 Å². The predicted octanol–water partition coefficient (Wildman–Crippen LogP) is 3.42. The van der Waals surface area contributed by atoms with Crippen molar-refractivity contribution in [1.82, 2.24) is 24.8 Å². The second-order valence-corrected chi connectivity index (χ2v) is 8.31. The molecule has 160 valence electrons. The maximum Gasteiger partial charge on any atom is 0.276 e. The molecular weight excluding hydrogens is 410 g/mol. The summed E-state index contributed by atoms with van der Waals surface area (Å²) in [5.74, 6) is -0.482. The number of hydrogen-bond acceptors (Lipinski definition) is 6. The smallest absolute Gasteiger partial charge is 0.276 e. The number of rotatable bonds is 8. The first-order chi connectivity index (χ1) is 15.2. The van der Waals surface area contributed by atoms with Crippen molar-refractivity contribution in [2.45, 2.75) is 44.2 Å². The minimum Gasteiger partial charge on any atom is -0.351 e. The average Bonchev–Trinajstić information content (AvgIpc) is 3.52. The van der Waals surface area contributed by atoms with E-state index in [1.807, 2.05) is 36.4 Å². The SMILES string of the molecule is O=C(NC1CCCC1)[C@H](c1cccnc1)N(CCc1ccccc1)C(=O)c1csnn1. The van der Waals surface area contributed by atoms with Crippen molar-refractivity contribution in [3.8, 4) is 0 Å². The van der Waals surface area contributed by atoms with Crippen LogP contribution in [-0.4, -0.2) is 43.9 Å². The molecule has 31 heavy (non-hydrogen) atoms. The number of amides is 2. The summed E-state index contributed by atoms with van der Waals surface area (Å²) >= 11 is 1.12. The van der Waals surface area contributed by atoms with Crippen LogP contribution in [-0.2, 0) is 11.2 Å². The summed E-state index contributed by atoms with van der Waals surface area (Å²) in [5, 5.41) is 8.74. The van der Waals surface area contributed by atoms with Crippen LogP contribution >= 0.6 is 11.5 Å². The van der Waals surface area contributed by atoms with Crippen LogP contribution in [0, 0.1) is 0 Å². The Hall–Kier alpha value is -3.13. The van der Waals surface area contributed by atoms with E-state index < -0.39 is 6.04 Å². The van der Waals surface area contributed by atoms with Crippen molar-refractivity contribution in [3.63, 3.8) is 0 Å². The summed E-state index contributed by atoms with van der Waals surface area (Å²) in [4.78, 5) is 32.7. The molecule has 1 fully saturated rings. The van der Waals surface area contributed by atoms with Crippen molar-refractivity contribution in [1.29, 1.82) is 0 Å². The highest BCUT2D eigenvalue weighted by atomic mass is 32.1. The molecule has 1 aliphatic carbocycles. The van der Waals surface area contributed by atoms with E-state index in [4.69, 9.17) is 0 Å². The lowest BCUT2D eigenvalue weighted by molar-refractivity contribution is -0.126. The first kappa shape index (κ1) is 21.1. The molecule has 4 rings (SSSR count). The van der Waals surface area contributed by atoms with E-state index in [0.717, 1.165) is 42.8 Å². The number of hydrogen-bond donors (Lipinski definition) is 1. The monoisotopic (exact) mass is 435 g/mol. The molecule has 1 N–H and O–H groups in total. The topological polar surface area (TPSA) is 88.1 Å². The molecule has 1 saturated carbocycles. The minimum absolute atomic E-state index is 0.152. The van der Waals surface area contributed by atoms with Crippen molar-refractivity contribution < 1.29 is 9.59 Å². The molecule has 0 unspecified atom stereocenters. The van der Waals surface area contributed by atoms with E-state index in [0.29, 0.717) is 18.5 Å². The fraction of sp³-hybridized carbons (Fsp3) is 0.348. The van der Waals surface area contributed by atoms with Crippen molar-refractivity contribution >= 4 is 23.3 Å². The lowest BCUT2D eigenvalue weighted by Crippen LogP contribution is -2.47. The van der Waals surface area contributed by atoms with Gasteiger partial charge in [0.25, 0.3) is 5.91 Å². The third-order valence-electron chi connectivity index (χ3n) is 5.59. The molecule has 2 heterocycles. The summed E-state index contributed by atoms with van der Waals surface area (Å²) in [5.41, 5.74) is 2.03. The third kappa shape index (κ3) is 5.32. The van der Waals surface area contributed by atoms with Gasteiger partial charge in [0.1, 0.15) is 6.04 Å². The molecule has 0 bridgehead atoms. The number of pyridine rings is 1. The van der Waals surface area contributed by atoms with Gasteiger partial charge in [-0.15, -0.1) is 5.10 Å². The average molecular weight is 436 g/mol. The van der Waals surface area contributed by atoms with Crippen LogP contribution in [0.5, 0.6) is 0 Å². The van der Waals surface area contributed by atoms with E-state index in [1.54, 1.807) is 28.7 Å². The second kappa shape index (κ2) is 10.3. The maximum atomic E-state index is 13.5. The Morgan fingerprint density at radius 1 is 1.13 bits per heavy atom. The second-order valence-electron chi connectivity index (χ2n) is 7.70. The van der Waals surface area contributed by atoms with Gasteiger partial charge in [0.05, 0.1) is 0 Å². The van der Waals surface area contributed by atoms with Crippen LogP contribution in [0.15, 0.2) is 60.2 Å². The molecular formula is C23H25N5O2S. The molecule has 1 aromatic carbocycles. The van der Waals surface area contributed by atoms with E-state index in [2.05, 4.69) is 19.9 Å². The number of aromatic nitrogens is 3. The molecule has 7 nitrogen and oxygen atoms in total. The van der Waals surface area contributed by atoms with Crippen molar-refractivity contribution in [2.24, 2.45) is 0 Å². The summed E-state index contributed by atoms with van der Waals surface area (Å²) in [6.45, 7) is 0.373. The Labute approximate surface area is 185 Å². The van der Waals surface area contributed by atoms with Gasteiger partial charge in [-0.2, -0.15) is 0 Å². The summed E-state index contributed by atoms with van der Waals surface area (Å²) in [6, 6.07) is 12.9. The van der Waals surface area contributed by atoms with Crippen LogP contribution in [0.4, 0.5) is 0 Å². The molecule has 8 heteroatoms. The first-order valence-electron chi connectivity index (χ1n) is 10.5. The van der Waals surface area contributed by atoms with Crippen molar-refractivity contribution in [3.05, 3.63) is 77.1 Å². The standard InChI is InChI=1S/C23H25N5O2S/c29-22(25-19-10-4-5-11-19)21(18-9-6-13-24-15-18)28(23(30)20-16-31-27-26-20)14-12-17-7-2-1-3-8-17/h1-3,6-9,13,15-16,19,21H,4-5,10-12,14H2,(H,25,29)/t21-/m0/s1. The van der Waals surface area contributed by atoms with Crippen molar-refractivity contribution in [2.75, 3.05) is 6.54 Å². The van der Waals surface area contributed by atoms with Gasteiger partial charge in [0.2, 0.25) is 5.91 Å². The van der Waals surface area contributed by atoms with Crippen LogP contribution in [0.2, 0.25) is 0 Å². The first-order valence-corrected chi connectivity index (χ1v) is 11.4. The zero-order chi connectivity index (χ0) is 21.5. The zero-order valence-corrected chi connectivity index (χ0v) is 18.0. The third-order valence-corrected chi connectivity index (χ3v) is 6.09. The van der Waals surface area contributed by atoms with Gasteiger partial charge in [-0.3, -0.25) is 14.6 Å². The molecule has 2 amide bonds. The normalized spacial score (nSPS) is 14.8. The highest BCUT2D eigenvalue weighted by molar-refractivity contribution is 7.03. The molecule has 1 atom stereocenters. The lowest BCUT2D eigenvalue weighted by atomic mass is 10.0. The summed E-state index contributed by atoms with van der Waals surface area (Å²) in [7, 11) is 0.